The van der Waals surface area contributed by atoms with E-state index in [1.165, 1.54) is 0 Å². The first kappa shape index (κ1) is 26.0. The molecule has 0 aromatic heterocycles. The zero-order chi connectivity index (χ0) is 19.2. The predicted octanol–water partition coefficient (Wildman–Crippen LogP) is 0.236. The average molecular weight is 334 g/mol. The number of carboxylic acids is 2. The molecule has 0 aliphatic heterocycles. The van der Waals surface area contributed by atoms with Crippen LogP contribution in [0.5, 0.6) is 0 Å². The Morgan fingerprint density at radius 3 is 1.78 bits per heavy atom. The van der Waals surface area contributed by atoms with Crippen molar-refractivity contribution in [3.63, 3.8) is 0 Å². The van der Waals surface area contributed by atoms with E-state index in [9.17, 15) is 14.4 Å². The van der Waals surface area contributed by atoms with Crippen LogP contribution in [0.15, 0.2) is 12.7 Å². The number of amides is 1. The van der Waals surface area contributed by atoms with Gasteiger partial charge in [-0.3, -0.25) is 14.5 Å². The lowest BCUT2D eigenvalue weighted by Crippen LogP contribution is -2.44. The number of primary amides is 1. The Kier molecular flexibility index (Phi) is 15.5. The van der Waals surface area contributed by atoms with Crippen molar-refractivity contribution < 1.29 is 29.1 Å². The summed E-state index contributed by atoms with van der Waals surface area (Å²) in [5.41, 5.74) is 4.53. The summed E-state index contributed by atoms with van der Waals surface area (Å²) in [5.74, 6) is -1.99. The minimum absolute atomic E-state index is 0.216. The van der Waals surface area contributed by atoms with Gasteiger partial charge < -0.3 is 20.4 Å². The van der Waals surface area contributed by atoms with Crippen molar-refractivity contribution in [3.05, 3.63) is 12.7 Å². The number of quaternary nitrogens is 1. The number of carbonyl (C=O) groups excluding carboxylic acids is 1. The minimum atomic E-state index is -0.782. The highest BCUT2D eigenvalue weighted by Crippen LogP contribution is 1.97. The molecule has 0 rings (SSSR count). The van der Waals surface area contributed by atoms with Gasteiger partial charge in [-0.1, -0.05) is 13.5 Å². The Morgan fingerprint density at radius 1 is 1.26 bits per heavy atom. The Morgan fingerprint density at radius 2 is 1.65 bits per heavy atom. The maximum absolute atomic E-state index is 10.3. The van der Waals surface area contributed by atoms with Crippen LogP contribution in [0.4, 0.5) is 0 Å². The van der Waals surface area contributed by atoms with Gasteiger partial charge in [0.15, 0.2) is 6.54 Å². The molecular weight excluding hydrogens is 302 g/mol. The Balaban J connectivity index is -0.000000276. The molecule has 0 aromatic rings. The summed E-state index contributed by atoms with van der Waals surface area (Å²) in [6.07, 6.45) is 2.08. The number of nitrogens with zero attached hydrogens (tertiary/aromatic N) is 2. The molecule has 0 aromatic carbocycles. The van der Waals surface area contributed by atoms with Gasteiger partial charge in [-0.2, -0.15) is 0 Å². The second kappa shape index (κ2) is 13.7. The third kappa shape index (κ3) is 22.5. The third-order valence-corrected chi connectivity index (χ3v) is 2.73. The Labute approximate surface area is 138 Å². The number of hydrogen-bond acceptors (Lipinski definition) is 4. The van der Waals surface area contributed by atoms with Gasteiger partial charge in [0.1, 0.15) is 6.04 Å². The summed E-state index contributed by atoms with van der Waals surface area (Å²) in [6, 6.07) is -0.380. The largest absolute Gasteiger partial charge is 0.480 e. The highest BCUT2D eigenvalue weighted by molar-refractivity contribution is 5.84. The lowest BCUT2D eigenvalue weighted by atomic mass is 10.3. The van der Waals surface area contributed by atoms with Gasteiger partial charge in [0.05, 0.1) is 20.6 Å². The highest BCUT2D eigenvalue weighted by atomic mass is 16.4. The van der Waals surface area contributed by atoms with Crippen LogP contribution in [0.1, 0.15) is 20.3 Å². The zero-order valence-electron chi connectivity index (χ0n) is 15.1. The molecule has 0 heterocycles. The van der Waals surface area contributed by atoms with E-state index in [2.05, 4.69) is 19.2 Å². The molecule has 0 saturated carbocycles. The number of carbonyl (C=O) groups is 3. The Hall–Kier alpha value is -1.93. The van der Waals surface area contributed by atoms with E-state index in [1.54, 1.807) is 25.9 Å². The van der Waals surface area contributed by atoms with E-state index in [4.69, 9.17) is 10.2 Å². The summed E-state index contributed by atoms with van der Waals surface area (Å²) in [6.45, 7) is 7.92. The van der Waals surface area contributed by atoms with Crippen molar-refractivity contribution in [3.8, 4) is 0 Å². The quantitative estimate of drug-likeness (QED) is 0.453. The van der Waals surface area contributed by atoms with Gasteiger partial charge in [-0.25, -0.2) is 4.79 Å². The molecule has 8 nitrogen and oxygen atoms in total. The first-order valence-corrected chi connectivity index (χ1v) is 7.15. The van der Waals surface area contributed by atoms with E-state index >= 15 is 0 Å². The molecule has 136 valence electrons. The summed E-state index contributed by atoms with van der Waals surface area (Å²) in [5, 5.41) is 16.8. The van der Waals surface area contributed by atoms with E-state index in [1.807, 2.05) is 14.1 Å². The van der Waals surface area contributed by atoms with Crippen LogP contribution < -0.4 is 5.73 Å². The van der Waals surface area contributed by atoms with Crippen molar-refractivity contribution in [2.45, 2.75) is 26.3 Å². The molecule has 4 N–H and O–H groups in total. The molecule has 0 aliphatic rings. The molecule has 0 aliphatic carbocycles. The molecule has 0 bridgehead atoms. The number of likely N-dealkylation sites (N-methyl/N-ethyl adjacent to an activating group) is 2. The first-order valence-electron chi connectivity index (χ1n) is 7.15. The molecule has 23 heavy (non-hydrogen) atoms. The predicted molar refractivity (Wildman–Crippen MR) is 89.9 cm³/mol. The molecule has 0 radical (unpaired) electrons. The fraction of sp³-hybridized carbons (Fsp3) is 0.667. The molecule has 1 amide bonds. The van der Waals surface area contributed by atoms with Gasteiger partial charge >= 0.3 is 11.9 Å². The molecular formula is C15H32N3O5+. The van der Waals surface area contributed by atoms with Crippen molar-refractivity contribution in [2.24, 2.45) is 5.73 Å². The summed E-state index contributed by atoms with van der Waals surface area (Å²) >= 11 is 0. The highest BCUT2D eigenvalue weighted by Gasteiger charge is 2.17. The Bertz CT molecular complexity index is 381. The number of carboxylic acid groups (broad SMARTS) is 2. The van der Waals surface area contributed by atoms with Gasteiger partial charge in [0.25, 0.3) is 0 Å². The maximum Gasteiger partial charge on any atom is 0.359 e. The summed E-state index contributed by atoms with van der Waals surface area (Å²) < 4.78 is 0.575. The monoisotopic (exact) mass is 334 g/mol. The SMILES string of the molecule is C=CC(N)=O.CC(C(=O)O)N(C)C.CCC[N+](C)(C)CC(=O)O. The number of hydrogen-bond donors (Lipinski definition) is 3. The fourth-order valence-corrected chi connectivity index (χ4v) is 1.27. The molecule has 0 fully saturated rings. The average Bonchev–Trinajstić information content (AvgIpc) is 2.37. The van der Waals surface area contributed by atoms with E-state index in [-0.39, 0.29) is 12.6 Å². The van der Waals surface area contributed by atoms with Gasteiger partial charge in [0, 0.05) is 0 Å². The topological polar surface area (TPSA) is 121 Å². The van der Waals surface area contributed by atoms with Gasteiger partial charge in [0.2, 0.25) is 5.91 Å². The van der Waals surface area contributed by atoms with Gasteiger partial charge in [-0.15, -0.1) is 0 Å². The van der Waals surface area contributed by atoms with Crippen LogP contribution in [-0.4, -0.2) is 84.8 Å². The van der Waals surface area contributed by atoms with Crippen molar-refractivity contribution in [1.29, 1.82) is 0 Å². The molecule has 8 heteroatoms. The molecule has 0 spiro atoms. The number of nitrogens with two attached hydrogens (primary N) is 1. The standard InChI is InChI=1S/C7H15NO2.C5H11NO2.C3H5NO/c1-4-5-8(2,3)6-7(9)10;1-4(5(7)8)6(2)3;1-2-3(4)5/h4-6H2,1-3H3;4H,1-3H3,(H,7,8);2H,1H2,(H2,4,5)/p+1. The fourth-order valence-electron chi connectivity index (χ4n) is 1.27. The van der Waals surface area contributed by atoms with Crippen molar-refractivity contribution in [2.75, 3.05) is 41.3 Å². The van der Waals surface area contributed by atoms with Crippen LogP contribution in [0, 0.1) is 0 Å². The van der Waals surface area contributed by atoms with Crippen LogP contribution in [0.25, 0.3) is 0 Å². The second-order valence-electron chi connectivity index (χ2n) is 5.80. The third-order valence-electron chi connectivity index (χ3n) is 2.73. The van der Waals surface area contributed by atoms with Crippen LogP contribution in [0.3, 0.4) is 0 Å². The number of aliphatic carboxylic acids is 2. The van der Waals surface area contributed by atoms with Crippen molar-refractivity contribution in [1.82, 2.24) is 4.90 Å². The molecule has 0 saturated heterocycles. The zero-order valence-corrected chi connectivity index (χ0v) is 15.1. The molecule has 1 atom stereocenters. The van der Waals surface area contributed by atoms with E-state index < -0.39 is 17.8 Å². The van der Waals surface area contributed by atoms with Crippen LogP contribution in [-0.2, 0) is 14.4 Å². The van der Waals surface area contributed by atoms with Gasteiger partial charge in [-0.05, 0) is 33.5 Å². The second-order valence-corrected chi connectivity index (χ2v) is 5.80. The van der Waals surface area contributed by atoms with E-state index in [0.29, 0.717) is 4.48 Å². The minimum Gasteiger partial charge on any atom is -0.480 e. The van der Waals surface area contributed by atoms with Crippen LogP contribution in [0.2, 0.25) is 0 Å². The van der Waals surface area contributed by atoms with E-state index in [0.717, 1.165) is 19.0 Å². The summed E-state index contributed by atoms with van der Waals surface area (Å²) in [4.78, 5) is 31.5. The first-order chi connectivity index (χ1) is 10.3. The lowest BCUT2D eigenvalue weighted by molar-refractivity contribution is -0.883. The van der Waals surface area contributed by atoms with Crippen molar-refractivity contribution >= 4 is 17.8 Å². The number of rotatable bonds is 7. The smallest absolute Gasteiger partial charge is 0.359 e. The maximum atomic E-state index is 10.3. The molecule has 1 unspecified atom stereocenters. The normalized spacial score (nSPS) is 11.3. The van der Waals surface area contributed by atoms with Crippen LogP contribution >= 0.6 is 0 Å². The lowest BCUT2D eigenvalue weighted by Gasteiger charge is -2.26. The summed E-state index contributed by atoms with van der Waals surface area (Å²) in [7, 11) is 7.33.